The highest BCUT2D eigenvalue weighted by atomic mass is 35.5. The second-order valence-electron chi connectivity index (χ2n) is 15.2. The third-order valence-electron chi connectivity index (χ3n) is 10.1. The zero-order chi connectivity index (χ0) is 45.5. The van der Waals surface area contributed by atoms with E-state index in [9.17, 15) is 19.2 Å². The van der Waals surface area contributed by atoms with E-state index in [0.717, 1.165) is 82.5 Å². The van der Waals surface area contributed by atoms with Gasteiger partial charge < -0.3 is 20.3 Å². The van der Waals surface area contributed by atoms with Crippen molar-refractivity contribution in [3.05, 3.63) is 127 Å². The number of benzene rings is 2. The van der Waals surface area contributed by atoms with Crippen LogP contribution in [0.25, 0.3) is 33.0 Å². The molecule has 8 rings (SSSR count). The molecule has 2 aromatic carbocycles. The fourth-order valence-electron chi connectivity index (χ4n) is 7.01. The zero-order valence-corrected chi connectivity index (χ0v) is 38.8. The van der Waals surface area contributed by atoms with Gasteiger partial charge in [-0.1, -0.05) is 23.2 Å². The van der Waals surface area contributed by atoms with Crippen molar-refractivity contribution >= 4 is 81.3 Å². The van der Waals surface area contributed by atoms with Gasteiger partial charge in [0.1, 0.15) is 23.7 Å². The summed E-state index contributed by atoms with van der Waals surface area (Å²) in [6.07, 6.45) is 12.2. The molecule has 0 amide bonds. The van der Waals surface area contributed by atoms with Crippen LogP contribution in [-0.2, 0) is 36.5 Å². The third-order valence-corrected chi connectivity index (χ3v) is 13.1. The number of rotatable bonds is 12. The molecule has 0 saturated carbocycles. The number of aryl methyl sites for hydroxylation is 4. The normalized spacial score (nSPS) is 14.9. The molecule has 6 aromatic rings. The Kier molecular flexibility index (Phi) is 15.4. The number of fused-ring (bicyclic) bond motifs is 2. The molecule has 63 heavy (non-hydrogen) atoms. The zero-order valence-electron chi connectivity index (χ0n) is 35.6. The average molecular weight is 929 g/mol. The molecule has 0 aliphatic carbocycles. The number of hydrogen-bond donors (Lipinski definition) is 2. The number of allylic oxidation sites excluding steroid dienone is 1. The van der Waals surface area contributed by atoms with Gasteiger partial charge >= 0.3 is 5.97 Å². The summed E-state index contributed by atoms with van der Waals surface area (Å²) in [5, 5.41) is 17.9. The minimum atomic E-state index is -0.946. The van der Waals surface area contributed by atoms with Crippen LogP contribution in [0.1, 0.15) is 79.7 Å². The van der Waals surface area contributed by atoms with Gasteiger partial charge in [-0.05, 0) is 112 Å². The lowest BCUT2D eigenvalue weighted by atomic mass is 10.0. The Morgan fingerprint density at radius 1 is 0.762 bits per heavy atom. The Morgan fingerprint density at radius 3 is 1.63 bits per heavy atom. The van der Waals surface area contributed by atoms with E-state index in [4.69, 9.17) is 43.5 Å². The molecule has 12 nitrogen and oxygen atoms in total. The molecule has 2 atom stereocenters. The van der Waals surface area contributed by atoms with E-state index in [-0.39, 0.29) is 29.6 Å². The summed E-state index contributed by atoms with van der Waals surface area (Å²) in [5.74, 6) is 0.703. The maximum atomic E-state index is 12.3. The minimum Gasteiger partial charge on any atom is -0.488 e. The number of ether oxygens (including phenoxy) is 2. The van der Waals surface area contributed by atoms with Crippen LogP contribution in [0.2, 0.25) is 10.0 Å². The Bertz CT molecular complexity index is 2740. The van der Waals surface area contributed by atoms with Crippen molar-refractivity contribution in [1.82, 2.24) is 19.6 Å². The molecule has 3 N–H and O–H groups in total. The van der Waals surface area contributed by atoms with Gasteiger partial charge in [0, 0.05) is 90.4 Å². The smallest absolute Gasteiger partial charge is 0.328 e. The van der Waals surface area contributed by atoms with E-state index >= 15 is 0 Å². The van der Waals surface area contributed by atoms with Gasteiger partial charge in [0.05, 0.1) is 31.2 Å². The van der Waals surface area contributed by atoms with Crippen molar-refractivity contribution in [2.75, 3.05) is 6.54 Å². The molecule has 0 saturated heterocycles. The van der Waals surface area contributed by atoms with Crippen LogP contribution in [0.5, 0.6) is 11.5 Å². The summed E-state index contributed by atoms with van der Waals surface area (Å²) < 4.78 is 15.1. The predicted octanol–water partition coefficient (Wildman–Crippen LogP) is 10.0. The average Bonchev–Trinajstić information content (AvgIpc) is 4.09. The Hall–Kier alpha value is -5.64. The van der Waals surface area contributed by atoms with Crippen LogP contribution in [-0.4, -0.2) is 66.7 Å². The van der Waals surface area contributed by atoms with Crippen molar-refractivity contribution in [2.24, 2.45) is 19.8 Å². The van der Waals surface area contributed by atoms with Gasteiger partial charge in [-0.3, -0.25) is 23.7 Å². The number of halogens is 2. The minimum absolute atomic E-state index is 0.00821. The van der Waals surface area contributed by atoms with Crippen molar-refractivity contribution in [1.29, 1.82) is 0 Å². The van der Waals surface area contributed by atoms with Gasteiger partial charge in [0.15, 0.2) is 17.3 Å². The molecule has 0 radical (unpaired) electrons. The van der Waals surface area contributed by atoms with E-state index < -0.39 is 5.97 Å². The van der Waals surface area contributed by atoms with E-state index in [2.05, 4.69) is 22.3 Å². The molecular weight excluding hydrogens is 882 g/mol. The second kappa shape index (κ2) is 20.7. The van der Waals surface area contributed by atoms with Crippen LogP contribution in [0.3, 0.4) is 0 Å². The number of carboxylic acid groups (broad SMARTS) is 1. The van der Waals surface area contributed by atoms with E-state index in [1.165, 1.54) is 28.7 Å². The van der Waals surface area contributed by atoms with Crippen molar-refractivity contribution in [3.8, 4) is 32.4 Å². The first-order valence-electron chi connectivity index (χ1n) is 20.0. The first kappa shape index (κ1) is 46.9. The number of Topliss-reactive ketones (excluding diaryl/α,β-unsaturated/α-hetero) is 2. The number of carbonyl (C=O) groups excluding carboxylic acids is 3. The monoisotopic (exact) mass is 927 g/mol. The highest BCUT2D eigenvalue weighted by Gasteiger charge is 2.27. The van der Waals surface area contributed by atoms with Gasteiger partial charge in [-0.25, -0.2) is 4.79 Å². The van der Waals surface area contributed by atoms with Crippen LogP contribution in [0.15, 0.2) is 73.1 Å². The molecule has 0 spiro atoms. The number of nitrogens with two attached hydrogens (primary N) is 1. The topological polar surface area (TPSA) is 169 Å². The predicted molar refractivity (Wildman–Crippen MR) is 251 cm³/mol. The molecule has 2 aliphatic rings. The lowest BCUT2D eigenvalue weighted by molar-refractivity contribution is -0.131. The quantitative estimate of drug-likeness (QED) is 0.0890. The van der Waals surface area contributed by atoms with Gasteiger partial charge in [0.25, 0.3) is 0 Å². The maximum Gasteiger partial charge on any atom is 0.328 e. The third kappa shape index (κ3) is 12.1. The largest absolute Gasteiger partial charge is 0.488 e. The number of aliphatic carboxylic acids is 1. The Labute approximate surface area is 383 Å². The highest BCUT2D eigenvalue weighted by molar-refractivity contribution is 7.17. The molecule has 2 aliphatic heterocycles. The number of carbonyl (C=O) groups is 4. The second-order valence-corrected chi connectivity index (χ2v) is 18.1. The number of ketones is 3. The number of nitrogens with zero attached hydrogens (tertiary/aromatic N) is 4. The molecule has 328 valence electrons. The van der Waals surface area contributed by atoms with Crippen molar-refractivity contribution < 1.29 is 33.8 Å². The molecule has 0 bridgehead atoms. The molecule has 0 fully saturated rings. The number of aromatic nitrogens is 4. The van der Waals surface area contributed by atoms with Crippen LogP contribution in [0, 0.1) is 13.8 Å². The lowest BCUT2D eigenvalue weighted by Gasteiger charge is -2.10. The van der Waals surface area contributed by atoms with Gasteiger partial charge in [-0.15, -0.1) is 22.7 Å². The standard InChI is InChI=1S/C24H23ClN2O3S.C15H14ClNO2S.C8H10N2O2/c1-14-16(13-27(3)26-14)4-5-19(29)6-7-20-11-18-10-17(12-21(25)24(18)30-20)23-9-8-22(31-23)15(2)28;1-8(18)13-2-3-14(20-13)9-4-10-5-11(7-17)19-15(10)12(16)6-9;1-6-7(3-4-8(11)12)5-10(2)9-6/h4-5,8-10,12-13,20H,6-7,11H2,1-3H3;2-4,6,11H,5,7,17H2,1H3;3-5H,1-2H3,(H,11,12)/b5-4+;;4-3+. The number of thiophene rings is 2. The summed E-state index contributed by atoms with van der Waals surface area (Å²) in [6.45, 7) is 7.38. The van der Waals surface area contributed by atoms with Crippen LogP contribution >= 0.6 is 45.9 Å². The first-order chi connectivity index (χ1) is 30.0. The number of hydrogen-bond acceptors (Lipinski definition) is 11. The summed E-state index contributed by atoms with van der Waals surface area (Å²) in [7, 11) is 3.66. The van der Waals surface area contributed by atoms with Gasteiger partial charge in [0.2, 0.25) is 0 Å². The lowest BCUT2D eigenvalue weighted by Crippen LogP contribution is -2.24. The summed E-state index contributed by atoms with van der Waals surface area (Å²) in [5.41, 5.74) is 13.3. The highest BCUT2D eigenvalue weighted by Crippen LogP contribution is 2.43. The first-order valence-corrected chi connectivity index (χ1v) is 22.4. The van der Waals surface area contributed by atoms with E-state index in [1.807, 2.05) is 69.6 Å². The fourth-order valence-corrected chi connectivity index (χ4v) is 9.35. The SMILES string of the molecule is CC(=O)c1ccc(-c2cc(Cl)c3c(c2)CC(CCC(=O)/C=C/c2cn(C)nc2C)O3)s1.CC(=O)c1ccc(-c2cc(Cl)c3c(c2)CC(CN)O3)s1.Cc1nn(C)cc1/C=C/C(=O)O. The molecule has 4 aromatic heterocycles. The molecular formula is C47H47Cl2N5O7S2. The van der Waals surface area contributed by atoms with Crippen molar-refractivity contribution in [3.63, 3.8) is 0 Å². The fraction of sp³-hybridized carbons (Fsp3) is 0.277. The molecule has 16 heteroatoms. The van der Waals surface area contributed by atoms with E-state index in [1.54, 1.807) is 42.5 Å². The van der Waals surface area contributed by atoms with Crippen LogP contribution in [0.4, 0.5) is 0 Å². The molecule has 2 unspecified atom stereocenters. The van der Waals surface area contributed by atoms with Crippen molar-refractivity contribution in [2.45, 2.75) is 65.6 Å². The summed E-state index contributed by atoms with van der Waals surface area (Å²) in [4.78, 5) is 49.0. The maximum absolute atomic E-state index is 12.3. The van der Waals surface area contributed by atoms with Crippen LogP contribution < -0.4 is 15.2 Å². The summed E-state index contributed by atoms with van der Waals surface area (Å²) >= 11 is 15.7. The molecule has 6 heterocycles. The summed E-state index contributed by atoms with van der Waals surface area (Å²) in [6, 6.07) is 15.5. The number of carboxylic acids is 1. The Balaban J connectivity index is 0.000000176. The van der Waals surface area contributed by atoms with E-state index in [0.29, 0.717) is 41.6 Å². The Morgan fingerprint density at radius 2 is 1.22 bits per heavy atom. The van der Waals surface area contributed by atoms with Gasteiger partial charge in [-0.2, -0.15) is 10.2 Å².